The summed E-state index contributed by atoms with van der Waals surface area (Å²) in [6.45, 7) is 1.90. The van der Waals surface area contributed by atoms with Crippen LogP contribution >= 0.6 is 0 Å². The summed E-state index contributed by atoms with van der Waals surface area (Å²) >= 11 is 0. The van der Waals surface area contributed by atoms with Gasteiger partial charge >= 0.3 is 12.0 Å². The summed E-state index contributed by atoms with van der Waals surface area (Å²) in [5.74, 6) is -1.23. The van der Waals surface area contributed by atoms with Crippen molar-refractivity contribution in [3.05, 3.63) is 65.7 Å². The molecule has 2 aromatic carbocycles. The number of carbonyl (C=O) groups excluding carboxylic acids is 3. The number of urea groups is 1. The van der Waals surface area contributed by atoms with Gasteiger partial charge in [-0.15, -0.1) is 0 Å². The second-order valence-corrected chi connectivity index (χ2v) is 5.51. The molecule has 1 heterocycles. The van der Waals surface area contributed by atoms with Crippen LogP contribution in [0, 0.1) is 6.92 Å². The zero-order valence-corrected chi connectivity index (χ0v) is 13.3. The Morgan fingerprint density at radius 3 is 2.25 bits per heavy atom. The summed E-state index contributed by atoms with van der Waals surface area (Å²) in [6.07, 6.45) is -1.31. The highest BCUT2D eigenvalue weighted by atomic mass is 16.6. The highest BCUT2D eigenvalue weighted by Gasteiger charge is 2.46. The number of benzene rings is 2. The average Bonchev–Trinajstić information content (AvgIpc) is 2.80. The Labute approximate surface area is 139 Å². The van der Waals surface area contributed by atoms with Crippen molar-refractivity contribution in [3.8, 4) is 0 Å². The molecular weight excluding hydrogens is 308 g/mol. The van der Waals surface area contributed by atoms with Crippen molar-refractivity contribution in [1.82, 2.24) is 4.90 Å². The lowest BCUT2D eigenvalue weighted by molar-refractivity contribution is -0.132. The SMILES string of the molecule is Cc1ccc(C(=O)O[C@@H]2C(=O)N(C)C(=O)N2c2ccccc2)cc1. The molecule has 0 bridgehead atoms. The van der Waals surface area contributed by atoms with Gasteiger partial charge in [0.25, 0.3) is 12.1 Å². The molecule has 6 nitrogen and oxygen atoms in total. The van der Waals surface area contributed by atoms with Crippen molar-refractivity contribution in [2.45, 2.75) is 13.2 Å². The van der Waals surface area contributed by atoms with Crippen molar-refractivity contribution in [3.63, 3.8) is 0 Å². The maximum absolute atomic E-state index is 12.3. The minimum atomic E-state index is -1.31. The number of esters is 1. The maximum atomic E-state index is 12.3. The van der Waals surface area contributed by atoms with Gasteiger partial charge in [0, 0.05) is 12.7 Å². The molecule has 2 aromatic rings. The van der Waals surface area contributed by atoms with Crippen LogP contribution in [-0.2, 0) is 9.53 Å². The van der Waals surface area contributed by atoms with E-state index in [-0.39, 0.29) is 0 Å². The van der Waals surface area contributed by atoms with Gasteiger partial charge in [-0.05, 0) is 31.2 Å². The molecule has 0 N–H and O–H groups in total. The highest BCUT2D eigenvalue weighted by Crippen LogP contribution is 2.26. The summed E-state index contributed by atoms with van der Waals surface area (Å²) in [5.41, 5.74) is 1.81. The van der Waals surface area contributed by atoms with Crippen LogP contribution in [0.15, 0.2) is 54.6 Å². The summed E-state index contributed by atoms with van der Waals surface area (Å²) in [7, 11) is 1.36. The predicted octanol–water partition coefficient (Wildman–Crippen LogP) is 2.58. The van der Waals surface area contributed by atoms with Gasteiger partial charge in [-0.2, -0.15) is 0 Å². The van der Waals surface area contributed by atoms with Crippen LogP contribution in [0.3, 0.4) is 0 Å². The van der Waals surface area contributed by atoms with Gasteiger partial charge in [0.2, 0.25) is 0 Å². The molecule has 0 aliphatic carbocycles. The zero-order chi connectivity index (χ0) is 17.3. The Bertz CT molecular complexity index is 786. The number of anilines is 1. The second kappa shape index (κ2) is 6.16. The number of imide groups is 1. The van der Waals surface area contributed by atoms with Gasteiger partial charge in [-0.25, -0.2) is 14.5 Å². The largest absolute Gasteiger partial charge is 0.428 e. The van der Waals surface area contributed by atoms with Crippen LogP contribution in [0.1, 0.15) is 15.9 Å². The van der Waals surface area contributed by atoms with Crippen molar-refractivity contribution in [1.29, 1.82) is 0 Å². The third-order valence-electron chi connectivity index (χ3n) is 3.81. The second-order valence-electron chi connectivity index (χ2n) is 5.51. The number of nitrogens with zero attached hydrogens (tertiary/aromatic N) is 2. The topological polar surface area (TPSA) is 66.9 Å². The first-order chi connectivity index (χ1) is 11.5. The quantitative estimate of drug-likeness (QED) is 0.643. The van der Waals surface area contributed by atoms with E-state index >= 15 is 0 Å². The van der Waals surface area contributed by atoms with E-state index in [0.29, 0.717) is 11.3 Å². The van der Waals surface area contributed by atoms with Gasteiger partial charge in [-0.3, -0.25) is 9.69 Å². The first kappa shape index (κ1) is 15.7. The van der Waals surface area contributed by atoms with Gasteiger partial charge in [0.05, 0.1) is 5.56 Å². The molecule has 1 aliphatic heterocycles. The van der Waals surface area contributed by atoms with E-state index in [9.17, 15) is 14.4 Å². The van der Waals surface area contributed by atoms with E-state index < -0.39 is 24.1 Å². The van der Waals surface area contributed by atoms with Crippen LogP contribution in [0.2, 0.25) is 0 Å². The lowest BCUT2D eigenvalue weighted by Crippen LogP contribution is -2.38. The molecule has 3 rings (SSSR count). The smallest absolute Gasteiger partial charge is 0.340 e. The number of hydrogen-bond donors (Lipinski definition) is 0. The molecule has 1 saturated heterocycles. The molecule has 1 aliphatic rings. The Balaban J connectivity index is 1.89. The van der Waals surface area contributed by atoms with Crippen LogP contribution < -0.4 is 4.90 Å². The van der Waals surface area contributed by atoms with Crippen LogP contribution in [0.5, 0.6) is 0 Å². The third-order valence-corrected chi connectivity index (χ3v) is 3.81. The number of ether oxygens (including phenoxy) is 1. The minimum absolute atomic E-state index is 0.323. The van der Waals surface area contributed by atoms with Gasteiger partial charge in [0.1, 0.15) is 0 Å². The molecule has 24 heavy (non-hydrogen) atoms. The fourth-order valence-corrected chi connectivity index (χ4v) is 2.43. The van der Waals surface area contributed by atoms with E-state index in [1.807, 2.05) is 6.92 Å². The summed E-state index contributed by atoms with van der Waals surface area (Å²) < 4.78 is 5.33. The van der Waals surface area contributed by atoms with E-state index in [0.717, 1.165) is 10.5 Å². The Morgan fingerprint density at radius 1 is 1.00 bits per heavy atom. The lowest BCUT2D eigenvalue weighted by atomic mass is 10.1. The number of para-hydroxylation sites is 1. The average molecular weight is 324 g/mol. The van der Waals surface area contributed by atoms with Crippen LogP contribution in [-0.4, -0.2) is 36.1 Å². The molecular formula is C18H16N2O4. The number of rotatable bonds is 3. The highest BCUT2D eigenvalue weighted by molar-refractivity contribution is 6.14. The summed E-state index contributed by atoms with van der Waals surface area (Å²) in [4.78, 5) is 39.1. The summed E-state index contributed by atoms with van der Waals surface area (Å²) in [6, 6.07) is 14.9. The molecule has 1 atom stereocenters. The molecule has 0 unspecified atom stereocenters. The monoisotopic (exact) mass is 324 g/mol. The molecule has 0 radical (unpaired) electrons. The van der Waals surface area contributed by atoms with Crippen molar-refractivity contribution in [2.75, 3.05) is 11.9 Å². The van der Waals surface area contributed by atoms with Crippen molar-refractivity contribution >= 4 is 23.6 Å². The van der Waals surface area contributed by atoms with Gasteiger partial charge in [0.15, 0.2) is 0 Å². The van der Waals surface area contributed by atoms with Gasteiger partial charge < -0.3 is 4.74 Å². The predicted molar refractivity (Wildman–Crippen MR) is 87.5 cm³/mol. The first-order valence-corrected chi connectivity index (χ1v) is 7.42. The van der Waals surface area contributed by atoms with E-state index in [2.05, 4.69) is 0 Å². The number of carbonyl (C=O) groups is 3. The molecule has 6 heteroatoms. The molecule has 0 saturated carbocycles. The number of amides is 3. The lowest BCUT2D eigenvalue weighted by Gasteiger charge is -2.21. The fraction of sp³-hybridized carbons (Fsp3) is 0.167. The van der Waals surface area contributed by atoms with E-state index in [4.69, 9.17) is 4.74 Å². The maximum Gasteiger partial charge on any atom is 0.340 e. The number of aryl methyl sites for hydroxylation is 1. The molecule has 1 fully saturated rings. The third kappa shape index (κ3) is 2.74. The molecule has 122 valence electrons. The summed E-state index contributed by atoms with van der Waals surface area (Å²) in [5, 5.41) is 0. The van der Waals surface area contributed by atoms with Gasteiger partial charge in [-0.1, -0.05) is 35.9 Å². The molecule has 0 spiro atoms. The first-order valence-electron chi connectivity index (χ1n) is 7.42. The number of likely N-dealkylation sites (N-methyl/N-ethyl adjacent to an activating group) is 1. The van der Waals surface area contributed by atoms with Crippen LogP contribution in [0.4, 0.5) is 10.5 Å². The fourth-order valence-electron chi connectivity index (χ4n) is 2.43. The number of hydrogen-bond acceptors (Lipinski definition) is 4. The zero-order valence-electron chi connectivity index (χ0n) is 13.3. The molecule has 3 amide bonds. The van der Waals surface area contributed by atoms with Crippen molar-refractivity contribution in [2.24, 2.45) is 0 Å². The van der Waals surface area contributed by atoms with E-state index in [1.54, 1.807) is 54.6 Å². The Hall–Kier alpha value is -3.15. The standard InChI is InChI=1S/C18H16N2O4/c1-12-8-10-13(11-9-12)17(22)24-16-15(21)19(2)18(23)20(16)14-6-4-3-5-7-14/h3-11,16H,1-2H3/t16-/m1/s1. The van der Waals surface area contributed by atoms with E-state index in [1.165, 1.54) is 11.9 Å². The Morgan fingerprint density at radius 2 is 1.62 bits per heavy atom. The molecule has 0 aromatic heterocycles. The Kier molecular flexibility index (Phi) is 4.04. The van der Waals surface area contributed by atoms with Crippen LogP contribution in [0.25, 0.3) is 0 Å². The minimum Gasteiger partial charge on any atom is -0.428 e. The normalized spacial score (nSPS) is 17.3. The van der Waals surface area contributed by atoms with Crippen molar-refractivity contribution < 1.29 is 19.1 Å².